The number of aromatic carboxylic acids is 1. The number of anilines is 2. The lowest BCUT2D eigenvalue weighted by molar-refractivity contribution is 0.0689. The molecule has 3 aromatic heterocycles. The van der Waals surface area contributed by atoms with Gasteiger partial charge in [0.1, 0.15) is 5.82 Å². The van der Waals surface area contributed by atoms with Gasteiger partial charge in [-0.25, -0.2) is 19.3 Å². The summed E-state index contributed by atoms with van der Waals surface area (Å²) >= 11 is 5.54. The Morgan fingerprint density at radius 3 is 2.29 bits per heavy atom. The van der Waals surface area contributed by atoms with Gasteiger partial charge in [-0.1, -0.05) is 42.8 Å². The van der Waals surface area contributed by atoms with Gasteiger partial charge in [-0.3, -0.25) is 4.79 Å². The van der Waals surface area contributed by atoms with Gasteiger partial charge in [-0.05, 0) is 55.2 Å². The summed E-state index contributed by atoms with van der Waals surface area (Å²) in [6, 6.07) is 16.7. The van der Waals surface area contributed by atoms with Crippen LogP contribution in [0.25, 0.3) is 5.65 Å². The van der Waals surface area contributed by atoms with E-state index >= 15 is 0 Å². The Morgan fingerprint density at radius 2 is 1.67 bits per heavy atom. The number of hydrogen-bond acceptors (Lipinski definition) is 7. The number of amides is 1. The molecule has 42 heavy (non-hydrogen) atoms. The lowest BCUT2D eigenvalue weighted by Gasteiger charge is -2.22. The van der Waals surface area contributed by atoms with Crippen molar-refractivity contribution < 1.29 is 14.7 Å². The molecule has 3 unspecified atom stereocenters. The molecule has 10 nitrogen and oxygen atoms in total. The Labute approximate surface area is 249 Å². The maximum atomic E-state index is 13.3. The molecule has 1 amide bonds. The minimum absolute atomic E-state index is 0.0481. The van der Waals surface area contributed by atoms with Crippen LogP contribution in [0.1, 0.15) is 40.0 Å². The highest BCUT2D eigenvalue weighted by Crippen LogP contribution is 2.34. The maximum Gasteiger partial charge on any atom is 0.354 e. The molecule has 0 radical (unpaired) electrons. The van der Waals surface area contributed by atoms with Crippen molar-refractivity contribution in [2.45, 2.75) is 20.3 Å². The average molecular weight is 588 g/mol. The highest BCUT2D eigenvalue weighted by molar-refractivity contribution is 6.30. The van der Waals surface area contributed by atoms with Gasteiger partial charge in [-0.15, -0.1) is 5.10 Å². The molecule has 3 saturated heterocycles. The minimum Gasteiger partial charge on any atom is -0.477 e. The lowest BCUT2D eigenvalue weighted by Crippen LogP contribution is -2.34. The number of carboxylic acids is 1. The number of nitrogens with zero attached hydrogens (tertiary/aromatic N) is 7. The third-order valence-corrected chi connectivity index (χ3v) is 8.62. The van der Waals surface area contributed by atoms with Gasteiger partial charge in [0.05, 0.1) is 11.9 Å². The van der Waals surface area contributed by atoms with E-state index in [2.05, 4.69) is 37.9 Å². The summed E-state index contributed by atoms with van der Waals surface area (Å²) in [6.07, 6.45) is 3.17. The van der Waals surface area contributed by atoms with Crippen LogP contribution in [0.3, 0.4) is 0 Å². The number of carbonyl (C=O) groups is 2. The van der Waals surface area contributed by atoms with Gasteiger partial charge in [-0.2, -0.15) is 0 Å². The highest BCUT2D eigenvalue weighted by Gasteiger charge is 2.43. The summed E-state index contributed by atoms with van der Waals surface area (Å²) in [5.41, 5.74) is 2.91. The van der Waals surface area contributed by atoms with Crippen LogP contribution >= 0.6 is 11.6 Å². The quantitative estimate of drug-likeness (QED) is 0.371. The number of fused-ring (bicyclic) bond motifs is 2. The Bertz CT molecular complexity index is 1600. The number of carboxylic acid groups (broad SMARTS) is 1. The van der Waals surface area contributed by atoms with Gasteiger partial charge in [0.15, 0.2) is 11.3 Å². The van der Waals surface area contributed by atoms with Crippen LogP contribution in [0.4, 0.5) is 11.5 Å². The Morgan fingerprint density at radius 1 is 0.929 bits per heavy atom. The van der Waals surface area contributed by atoms with Gasteiger partial charge < -0.3 is 19.8 Å². The summed E-state index contributed by atoms with van der Waals surface area (Å²) < 4.78 is 1.75. The van der Waals surface area contributed by atoms with Gasteiger partial charge in [0.2, 0.25) is 5.82 Å². The average Bonchev–Trinajstić information content (AvgIpc) is 3.77. The van der Waals surface area contributed by atoms with Crippen molar-refractivity contribution >= 4 is 40.6 Å². The summed E-state index contributed by atoms with van der Waals surface area (Å²) in [6.45, 7) is 9.15. The number of halogens is 1. The summed E-state index contributed by atoms with van der Waals surface area (Å²) in [7, 11) is 0. The molecule has 7 rings (SSSR count). The van der Waals surface area contributed by atoms with Crippen molar-refractivity contribution in [3.63, 3.8) is 0 Å². The first-order valence-electron chi connectivity index (χ1n) is 14.3. The van der Waals surface area contributed by atoms with Crippen LogP contribution in [0.2, 0.25) is 5.02 Å². The largest absolute Gasteiger partial charge is 0.477 e. The molecule has 0 spiro atoms. The van der Waals surface area contributed by atoms with E-state index < -0.39 is 5.97 Å². The molecule has 3 aliphatic rings. The smallest absolute Gasteiger partial charge is 0.354 e. The zero-order valence-corrected chi connectivity index (χ0v) is 24.5. The predicted octanol–water partition coefficient (Wildman–Crippen LogP) is 4.53. The van der Waals surface area contributed by atoms with E-state index in [0.717, 1.165) is 48.1 Å². The molecule has 3 atom stereocenters. The molecule has 1 aromatic carbocycles. The van der Waals surface area contributed by atoms with Crippen LogP contribution < -0.4 is 9.80 Å². The van der Waals surface area contributed by atoms with E-state index in [1.807, 2.05) is 54.4 Å². The molecule has 0 saturated carbocycles. The second-order valence-electron chi connectivity index (χ2n) is 11.5. The van der Waals surface area contributed by atoms with Crippen LogP contribution in [-0.4, -0.2) is 80.7 Å². The lowest BCUT2D eigenvalue weighted by atomic mass is 10.0. The molecule has 11 heteroatoms. The standard InChI is InChI=1S/C25H29N7O3.C6H5Cl/c1-15-6-7-29(9-15)19-8-16(2)23-27-22(28-32(23)14-19)24(33)31-12-17-10-30(11-18(17)13-31)21-5-3-4-20(26-21)25(34)35;7-6-4-2-1-3-5-6/h3-5,8,14-15,17-18H,6-7,9-13H2,1-2H3,(H,34,35);1-5H. The number of carbonyl (C=O) groups excluding carboxylic acids is 1. The monoisotopic (exact) mass is 587 g/mol. The fourth-order valence-electron chi connectivity index (χ4n) is 6.18. The van der Waals surface area contributed by atoms with Crippen molar-refractivity contribution in [2.75, 3.05) is 49.1 Å². The van der Waals surface area contributed by atoms with E-state index in [1.54, 1.807) is 10.6 Å². The number of rotatable bonds is 4. The first-order chi connectivity index (χ1) is 20.2. The van der Waals surface area contributed by atoms with Gasteiger partial charge in [0.25, 0.3) is 5.91 Å². The topological polar surface area (TPSA) is 107 Å². The van der Waals surface area contributed by atoms with Crippen molar-refractivity contribution in [3.05, 3.63) is 82.9 Å². The molecular weight excluding hydrogens is 554 g/mol. The molecule has 0 aliphatic carbocycles. The van der Waals surface area contributed by atoms with E-state index in [4.69, 9.17) is 11.6 Å². The highest BCUT2D eigenvalue weighted by atomic mass is 35.5. The summed E-state index contributed by atoms with van der Waals surface area (Å²) in [5.74, 6) is 1.08. The molecule has 0 bridgehead atoms. The van der Waals surface area contributed by atoms with E-state index in [9.17, 15) is 14.7 Å². The molecule has 4 aromatic rings. The Hall–Kier alpha value is -4.18. The third kappa shape index (κ3) is 5.76. The molecular formula is C31H34ClN7O3. The van der Waals surface area contributed by atoms with E-state index in [0.29, 0.717) is 36.7 Å². The van der Waals surface area contributed by atoms with Crippen molar-refractivity contribution in [2.24, 2.45) is 17.8 Å². The SMILES string of the molecule is Cc1cc(N2CCC(C)C2)cn2nc(C(=O)N3CC4CN(c5cccc(C(=O)O)n5)CC4C3)nc12.Clc1ccccc1. The first-order valence-corrected chi connectivity index (χ1v) is 14.7. The number of benzene rings is 1. The normalized spacial score (nSPS) is 21.4. The zero-order valence-electron chi connectivity index (χ0n) is 23.7. The minimum atomic E-state index is -1.03. The van der Waals surface area contributed by atoms with Crippen molar-refractivity contribution in [1.29, 1.82) is 0 Å². The van der Waals surface area contributed by atoms with Crippen LogP contribution in [0.5, 0.6) is 0 Å². The number of likely N-dealkylation sites (tertiary alicyclic amines) is 1. The molecule has 3 aliphatic heterocycles. The van der Waals surface area contributed by atoms with Crippen LogP contribution in [-0.2, 0) is 0 Å². The number of aryl methyl sites for hydroxylation is 1. The Kier molecular flexibility index (Phi) is 7.72. The summed E-state index contributed by atoms with van der Waals surface area (Å²) in [5, 5.41) is 14.6. The van der Waals surface area contributed by atoms with Gasteiger partial charge >= 0.3 is 5.97 Å². The summed E-state index contributed by atoms with van der Waals surface area (Å²) in [4.78, 5) is 39.8. The Balaban J connectivity index is 0.000000397. The maximum absolute atomic E-state index is 13.3. The van der Waals surface area contributed by atoms with Crippen LogP contribution in [0, 0.1) is 24.7 Å². The number of hydrogen-bond donors (Lipinski definition) is 1. The fourth-order valence-corrected chi connectivity index (χ4v) is 6.33. The zero-order chi connectivity index (χ0) is 29.4. The van der Waals surface area contributed by atoms with E-state index in [1.165, 1.54) is 12.5 Å². The van der Waals surface area contributed by atoms with Gasteiger partial charge in [0, 0.05) is 56.1 Å². The second-order valence-corrected chi connectivity index (χ2v) is 12.0. The number of pyridine rings is 2. The molecule has 218 valence electrons. The number of aromatic nitrogens is 4. The second kappa shape index (κ2) is 11.6. The molecule has 6 heterocycles. The predicted molar refractivity (Wildman–Crippen MR) is 161 cm³/mol. The molecule has 3 fully saturated rings. The fraction of sp³-hybridized carbons (Fsp3) is 0.387. The molecule has 1 N–H and O–H groups in total. The first kappa shape index (κ1) is 28.0. The third-order valence-electron chi connectivity index (χ3n) is 8.37. The van der Waals surface area contributed by atoms with Crippen molar-refractivity contribution in [3.8, 4) is 0 Å². The van der Waals surface area contributed by atoms with Crippen LogP contribution in [0.15, 0.2) is 60.8 Å². The van der Waals surface area contributed by atoms with Crippen molar-refractivity contribution in [1.82, 2.24) is 24.5 Å². The van der Waals surface area contributed by atoms with E-state index in [-0.39, 0.29) is 17.4 Å².